The average Bonchev–Trinajstić information content (AvgIpc) is 3.19. The van der Waals surface area contributed by atoms with Crippen molar-refractivity contribution in [1.29, 1.82) is 0 Å². The van der Waals surface area contributed by atoms with Crippen LogP contribution in [0, 0.1) is 13.8 Å². The number of hydrogen-bond donors (Lipinski definition) is 0. The lowest BCUT2D eigenvalue weighted by molar-refractivity contribution is 0.0742. The maximum atomic E-state index is 13.4. The number of amides is 1. The van der Waals surface area contributed by atoms with Gasteiger partial charge in [0.1, 0.15) is 11.5 Å². The number of aryl methyl sites for hydroxylation is 2. The first kappa shape index (κ1) is 25.3. The van der Waals surface area contributed by atoms with Crippen LogP contribution < -0.4 is 9.47 Å². The summed E-state index contributed by atoms with van der Waals surface area (Å²) in [6.07, 6.45) is 0.827. The number of rotatable bonds is 9. The second-order valence-electron chi connectivity index (χ2n) is 8.63. The molecule has 0 fully saturated rings. The molecule has 186 valence electrons. The van der Waals surface area contributed by atoms with Gasteiger partial charge < -0.3 is 14.4 Å². The SMILES string of the molecule is CCCN(Cc1c(C)nn(-c2cccc(Cl)c2)c1Oc1ccc(OC)cc1)C(=O)c1ccc(C)cc1. The van der Waals surface area contributed by atoms with Gasteiger partial charge in [0.15, 0.2) is 0 Å². The van der Waals surface area contributed by atoms with E-state index in [-0.39, 0.29) is 5.91 Å². The van der Waals surface area contributed by atoms with Gasteiger partial charge in [-0.2, -0.15) is 5.10 Å². The fraction of sp³-hybridized carbons (Fsp3) is 0.241. The standard InChI is InChI=1S/C29H30ClN3O3/c1-5-17-32(28(34)22-11-9-20(2)10-12-22)19-27-21(3)31-33(24-8-6-7-23(30)18-24)29(27)36-26-15-13-25(35-4)14-16-26/h6-16,18H,5,17,19H2,1-4H3. The number of ether oxygens (including phenoxy) is 2. The molecule has 36 heavy (non-hydrogen) atoms. The van der Waals surface area contributed by atoms with Crippen molar-refractivity contribution >= 4 is 17.5 Å². The predicted molar refractivity (Wildman–Crippen MR) is 143 cm³/mol. The Morgan fingerprint density at radius 1 is 1.00 bits per heavy atom. The Labute approximate surface area is 217 Å². The van der Waals surface area contributed by atoms with E-state index in [0.717, 1.165) is 34.7 Å². The normalized spacial score (nSPS) is 10.8. The molecule has 0 bridgehead atoms. The Morgan fingerprint density at radius 2 is 1.69 bits per heavy atom. The topological polar surface area (TPSA) is 56.6 Å². The van der Waals surface area contributed by atoms with E-state index in [1.165, 1.54) is 0 Å². The van der Waals surface area contributed by atoms with Crippen LogP contribution in [0.5, 0.6) is 17.4 Å². The summed E-state index contributed by atoms with van der Waals surface area (Å²) >= 11 is 6.28. The Hall–Kier alpha value is -3.77. The second kappa shape index (κ2) is 11.3. The molecule has 0 saturated carbocycles. The van der Waals surface area contributed by atoms with E-state index >= 15 is 0 Å². The van der Waals surface area contributed by atoms with E-state index in [1.54, 1.807) is 11.8 Å². The average molecular weight is 504 g/mol. The Kier molecular flexibility index (Phi) is 7.96. The molecule has 1 aromatic heterocycles. The van der Waals surface area contributed by atoms with Crippen molar-refractivity contribution in [3.05, 3.63) is 100 Å². The lowest BCUT2D eigenvalue weighted by Gasteiger charge is -2.23. The quantitative estimate of drug-likeness (QED) is 0.247. The molecule has 6 nitrogen and oxygen atoms in total. The minimum Gasteiger partial charge on any atom is -0.497 e. The van der Waals surface area contributed by atoms with Gasteiger partial charge >= 0.3 is 0 Å². The van der Waals surface area contributed by atoms with Crippen molar-refractivity contribution < 1.29 is 14.3 Å². The highest BCUT2D eigenvalue weighted by atomic mass is 35.5. The number of carbonyl (C=O) groups is 1. The van der Waals surface area contributed by atoms with Crippen molar-refractivity contribution in [2.75, 3.05) is 13.7 Å². The van der Waals surface area contributed by atoms with Crippen LogP contribution in [0.2, 0.25) is 5.02 Å². The van der Waals surface area contributed by atoms with Crippen LogP contribution in [-0.4, -0.2) is 34.2 Å². The van der Waals surface area contributed by atoms with Gasteiger partial charge in [0.25, 0.3) is 5.91 Å². The minimum atomic E-state index is -0.0258. The third-order valence-electron chi connectivity index (χ3n) is 5.89. The smallest absolute Gasteiger partial charge is 0.254 e. The van der Waals surface area contributed by atoms with E-state index < -0.39 is 0 Å². The van der Waals surface area contributed by atoms with E-state index in [0.29, 0.717) is 35.3 Å². The number of carbonyl (C=O) groups excluding carboxylic acids is 1. The van der Waals surface area contributed by atoms with Gasteiger partial charge in [0.05, 0.1) is 30.6 Å². The number of aromatic nitrogens is 2. The molecule has 1 amide bonds. The third kappa shape index (κ3) is 5.71. The van der Waals surface area contributed by atoms with Crippen LogP contribution in [0.25, 0.3) is 5.69 Å². The zero-order valence-electron chi connectivity index (χ0n) is 21.0. The molecule has 4 aromatic rings. The first-order valence-electron chi connectivity index (χ1n) is 11.9. The second-order valence-corrected chi connectivity index (χ2v) is 9.07. The largest absolute Gasteiger partial charge is 0.497 e. The summed E-state index contributed by atoms with van der Waals surface area (Å²) in [6.45, 7) is 6.97. The predicted octanol–water partition coefficient (Wildman–Crippen LogP) is 7.00. The van der Waals surface area contributed by atoms with Crippen LogP contribution in [0.1, 0.15) is 40.5 Å². The zero-order valence-corrected chi connectivity index (χ0v) is 21.7. The summed E-state index contributed by atoms with van der Waals surface area (Å²) in [5, 5.41) is 5.38. The molecular formula is C29H30ClN3O3. The van der Waals surface area contributed by atoms with Gasteiger partial charge in [-0.1, -0.05) is 42.3 Å². The first-order valence-corrected chi connectivity index (χ1v) is 12.3. The van der Waals surface area contributed by atoms with Crippen molar-refractivity contribution in [1.82, 2.24) is 14.7 Å². The lowest BCUT2D eigenvalue weighted by atomic mass is 10.1. The molecule has 7 heteroatoms. The van der Waals surface area contributed by atoms with Gasteiger partial charge in [-0.05, 0) is 74.9 Å². The molecule has 0 spiro atoms. The first-order chi connectivity index (χ1) is 17.4. The van der Waals surface area contributed by atoms with E-state index in [1.807, 2.05) is 91.5 Å². The molecule has 4 rings (SSSR count). The van der Waals surface area contributed by atoms with Crippen LogP contribution in [-0.2, 0) is 6.54 Å². The number of halogens is 1. The van der Waals surface area contributed by atoms with E-state index in [2.05, 4.69) is 6.92 Å². The molecule has 1 heterocycles. The summed E-state index contributed by atoms with van der Waals surface area (Å²) in [7, 11) is 1.62. The molecular weight excluding hydrogens is 474 g/mol. The molecule has 0 radical (unpaired) electrons. The van der Waals surface area contributed by atoms with Crippen LogP contribution in [0.3, 0.4) is 0 Å². The molecule has 0 aliphatic carbocycles. The Morgan fingerprint density at radius 3 is 2.33 bits per heavy atom. The van der Waals surface area contributed by atoms with Gasteiger partial charge in [0.2, 0.25) is 5.88 Å². The number of benzene rings is 3. The summed E-state index contributed by atoms with van der Waals surface area (Å²) in [5.74, 6) is 1.88. The van der Waals surface area contributed by atoms with Gasteiger partial charge in [-0.15, -0.1) is 0 Å². The zero-order chi connectivity index (χ0) is 25.7. The third-order valence-corrected chi connectivity index (χ3v) is 6.13. The molecule has 0 aliphatic rings. The highest BCUT2D eigenvalue weighted by Gasteiger charge is 2.24. The Balaban J connectivity index is 1.75. The maximum absolute atomic E-state index is 13.4. The maximum Gasteiger partial charge on any atom is 0.254 e. The van der Waals surface area contributed by atoms with Gasteiger partial charge in [0, 0.05) is 17.1 Å². The number of hydrogen-bond acceptors (Lipinski definition) is 4. The lowest BCUT2D eigenvalue weighted by Crippen LogP contribution is -2.31. The fourth-order valence-electron chi connectivity index (χ4n) is 3.96. The number of nitrogens with zero attached hydrogens (tertiary/aromatic N) is 3. The summed E-state index contributed by atoms with van der Waals surface area (Å²) in [5.41, 5.74) is 4.15. The van der Waals surface area contributed by atoms with Crippen LogP contribution >= 0.6 is 11.6 Å². The Bertz CT molecular complexity index is 1330. The highest BCUT2D eigenvalue weighted by molar-refractivity contribution is 6.30. The van der Waals surface area contributed by atoms with Crippen LogP contribution in [0.15, 0.2) is 72.8 Å². The fourth-order valence-corrected chi connectivity index (χ4v) is 4.14. The van der Waals surface area contributed by atoms with Gasteiger partial charge in [-0.25, -0.2) is 4.68 Å². The van der Waals surface area contributed by atoms with Gasteiger partial charge in [-0.3, -0.25) is 4.79 Å². The van der Waals surface area contributed by atoms with E-state index in [4.69, 9.17) is 26.2 Å². The molecule has 0 atom stereocenters. The summed E-state index contributed by atoms with van der Waals surface area (Å²) in [4.78, 5) is 15.3. The van der Waals surface area contributed by atoms with E-state index in [9.17, 15) is 4.79 Å². The molecule has 0 unspecified atom stereocenters. The van der Waals surface area contributed by atoms with Crippen molar-refractivity contribution in [3.8, 4) is 23.1 Å². The van der Waals surface area contributed by atoms with Crippen molar-refractivity contribution in [2.45, 2.75) is 33.7 Å². The molecule has 0 saturated heterocycles. The monoisotopic (exact) mass is 503 g/mol. The molecule has 3 aromatic carbocycles. The summed E-state index contributed by atoms with van der Waals surface area (Å²) < 4.78 is 13.4. The van der Waals surface area contributed by atoms with Crippen molar-refractivity contribution in [3.63, 3.8) is 0 Å². The summed E-state index contributed by atoms with van der Waals surface area (Å²) in [6, 6.07) is 22.5. The highest BCUT2D eigenvalue weighted by Crippen LogP contribution is 2.33. The minimum absolute atomic E-state index is 0.0258. The van der Waals surface area contributed by atoms with Crippen LogP contribution in [0.4, 0.5) is 0 Å². The molecule has 0 N–H and O–H groups in total. The number of methoxy groups -OCH3 is 1. The van der Waals surface area contributed by atoms with Crippen molar-refractivity contribution in [2.24, 2.45) is 0 Å². The molecule has 0 aliphatic heterocycles.